The van der Waals surface area contributed by atoms with Crippen LogP contribution in [0.3, 0.4) is 0 Å². The van der Waals surface area contributed by atoms with Crippen LogP contribution >= 0.6 is 11.3 Å². The van der Waals surface area contributed by atoms with Crippen molar-refractivity contribution < 1.29 is 19.4 Å². The van der Waals surface area contributed by atoms with Gasteiger partial charge in [0.2, 0.25) is 5.91 Å². The molecule has 1 N–H and O–H groups in total. The summed E-state index contributed by atoms with van der Waals surface area (Å²) in [6, 6.07) is 5.73. The van der Waals surface area contributed by atoms with E-state index in [0.717, 1.165) is 62.0 Å². The van der Waals surface area contributed by atoms with Crippen molar-refractivity contribution in [2.75, 3.05) is 4.90 Å². The molecule has 0 aromatic carbocycles. The SMILES string of the molecule is CC1CCC(C(=O)N(c2cc(C(C)(C)C)sc2C(=O)O)[C@H]2CC[C@H](Oc3cccnc3)CC2)CC1. The monoisotopic (exact) mass is 498 g/mol. The molecule has 2 heterocycles. The van der Waals surface area contributed by atoms with Gasteiger partial charge in [-0.2, -0.15) is 0 Å². The highest BCUT2D eigenvalue weighted by atomic mass is 32.1. The Balaban J connectivity index is 1.60. The molecular weight excluding hydrogens is 460 g/mol. The van der Waals surface area contributed by atoms with E-state index in [1.54, 1.807) is 12.4 Å². The minimum absolute atomic E-state index is 0.0175. The van der Waals surface area contributed by atoms with Crippen LogP contribution in [0.1, 0.15) is 93.6 Å². The van der Waals surface area contributed by atoms with E-state index in [1.807, 2.05) is 23.1 Å². The number of carbonyl (C=O) groups excluding carboxylic acids is 1. The van der Waals surface area contributed by atoms with Gasteiger partial charge in [-0.1, -0.05) is 27.7 Å². The second-order valence-electron chi connectivity index (χ2n) is 11.3. The minimum Gasteiger partial charge on any atom is -0.489 e. The molecule has 2 aliphatic carbocycles. The van der Waals surface area contributed by atoms with Crippen molar-refractivity contribution in [1.29, 1.82) is 0 Å². The number of carboxylic acids is 1. The molecule has 2 fully saturated rings. The first kappa shape index (κ1) is 25.7. The molecule has 0 atom stereocenters. The van der Waals surface area contributed by atoms with Crippen molar-refractivity contribution in [3.63, 3.8) is 0 Å². The highest BCUT2D eigenvalue weighted by Crippen LogP contribution is 2.42. The molecule has 2 saturated carbocycles. The predicted molar refractivity (Wildman–Crippen MR) is 139 cm³/mol. The highest BCUT2D eigenvalue weighted by Gasteiger charge is 2.38. The molecule has 2 aromatic heterocycles. The van der Waals surface area contributed by atoms with Crippen molar-refractivity contribution >= 4 is 28.9 Å². The van der Waals surface area contributed by atoms with Gasteiger partial charge in [0.15, 0.2) is 0 Å². The molecule has 1 amide bonds. The maximum absolute atomic E-state index is 14.0. The van der Waals surface area contributed by atoms with Crippen LogP contribution < -0.4 is 9.64 Å². The van der Waals surface area contributed by atoms with Crippen molar-refractivity contribution in [3.8, 4) is 5.75 Å². The molecular formula is C28H38N2O4S. The zero-order chi connectivity index (χ0) is 25.2. The molecule has 0 unspecified atom stereocenters. The van der Waals surface area contributed by atoms with Crippen molar-refractivity contribution in [2.45, 2.75) is 96.6 Å². The van der Waals surface area contributed by atoms with Gasteiger partial charge in [-0.05, 0) is 80.9 Å². The first-order chi connectivity index (χ1) is 16.6. The van der Waals surface area contributed by atoms with Gasteiger partial charge in [0.05, 0.1) is 18.0 Å². The second kappa shape index (κ2) is 10.7. The third-order valence-corrected chi connectivity index (χ3v) is 8.99. The molecule has 35 heavy (non-hydrogen) atoms. The summed E-state index contributed by atoms with van der Waals surface area (Å²) in [6.07, 6.45) is 10.6. The predicted octanol–water partition coefficient (Wildman–Crippen LogP) is 6.69. The molecule has 2 aromatic rings. The zero-order valence-electron chi connectivity index (χ0n) is 21.3. The Morgan fingerprint density at radius 2 is 1.77 bits per heavy atom. The standard InChI is InChI=1S/C28H38N2O4S/c1-18-7-9-19(10-8-18)26(31)30(23-16-24(28(2,3)4)35-25(23)27(32)33)20-11-13-21(14-12-20)34-22-6-5-15-29-17-22/h5-6,15-21H,7-14H2,1-4H3,(H,32,33)/t18?,19?,20-,21-. The quantitative estimate of drug-likeness (QED) is 0.480. The number of carbonyl (C=O) groups is 2. The van der Waals surface area contributed by atoms with Crippen LogP contribution in [0.15, 0.2) is 30.6 Å². The Hall–Kier alpha value is -2.41. The number of rotatable bonds is 6. The van der Waals surface area contributed by atoms with Gasteiger partial charge >= 0.3 is 5.97 Å². The van der Waals surface area contributed by atoms with Crippen molar-refractivity contribution in [2.24, 2.45) is 11.8 Å². The minimum atomic E-state index is -0.954. The van der Waals surface area contributed by atoms with Crippen LogP contribution in [-0.4, -0.2) is 34.1 Å². The Labute approximate surface area is 212 Å². The molecule has 6 nitrogen and oxygen atoms in total. The number of anilines is 1. The molecule has 0 spiro atoms. The Morgan fingerprint density at radius 3 is 2.34 bits per heavy atom. The average molecular weight is 499 g/mol. The number of hydrogen-bond donors (Lipinski definition) is 1. The third kappa shape index (κ3) is 6.05. The first-order valence-electron chi connectivity index (χ1n) is 12.9. The van der Waals surface area contributed by atoms with E-state index in [0.29, 0.717) is 11.6 Å². The smallest absolute Gasteiger partial charge is 0.348 e. The van der Waals surface area contributed by atoms with Crippen LogP contribution in [0.25, 0.3) is 0 Å². The summed E-state index contributed by atoms with van der Waals surface area (Å²) >= 11 is 1.31. The number of ether oxygens (including phenoxy) is 1. The number of nitrogens with zero attached hydrogens (tertiary/aromatic N) is 2. The van der Waals surface area contributed by atoms with E-state index in [2.05, 4.69) is 32.7 Å². The third-order valence-electron chi connectivity index (χ3n) is 7.45. The topological polar surface area (TPSA) is 79.7 Å². The summed E-state index contributed by atoms with van der Waals surface area (Å²) < 4.78 is 6.13. The maximum Gasteiger partial charge on any atom is 0.348 e. The lowest BCUT2D eigenvalue weighted by Gasteiger charge is -2.39. The molecule has 0 aliphatic heterocycles. The van der Waals surface area contributed by atoms with Crippen LogP contribution in [0.2, 0.25) is 0 Å². The number of hydrogen-bond acceptors (Lipinski definition) is 5. The number of thiophene rings is 1. The average Bonchev–Trinajstić information content (AvgIpc) is 3.27. The fourth-order valence-corrected chi connectivity index (χ4v) is 6.36. The van der Waals surface area contributed by atoms with Gasteiger partial charge in [0.1, 0.15) is 10.6 Å². The van der Waals surface area contributed by atoms with Gasteiger partial charge < -0.3 is 14.7 Å². The largest absolute Gasteiger partial charge is 0.489 e. The van der Waals surface area contributed by atoms with E-state index in [-0.39, 0.29) is 34.3 Å². The fourth-order valence-electron chi connectivity index (χ4n) is 5.31. The van der Waals surface area contributed by atoms with Crippen LogP contribution in [0.4, 0.5) is 5.69 Å². The van der Waals surface area contributed by atoms with E-state index < -0.39 is 5.97 Å². The molecule has 7 heteroatoms. The van der Waals surface area contributed by atoms with Crippen LogP contribution in [0.5, 0.6) is 5.75 Å². The first-order valence-corrected chi connectivity index (χ1v) is 13.7. The summed E-state index contributed by atoms with van der Waals surface area (Å²) in [7, 11) is 0. The Morgan fingerprint density at radius 1 is 1.09 bits per heavy atom. The highest BCUT2D eigenvalue weighted by molar-refractivity contribution is 7.14. The molecule has 0 bridgehead atoms. The van der Waals surface area contributed by atoms with E-state index >= 15 is 0 Å². The van der Waals surface area contributed by atoms with Gasteiger partial charge in [-0.15, -0.1) is 11.3 Å². The number of aromatic nitrogens is 1. The molecule has 4 rings (SSSR count). The number of pyridine rings is 1. The number of amides is 1. The van der Waals surface area contributed by atoms with Gasteiger partial charge in [-0.3, -0.25) is 9.78 Å². The Kier molecular flexibility index (Phi) is 7.84. The lowest BCUT2D eigenvalue weighted by Crippen LogP contribution is -2.47. The zero-order valence-corrected chi connectivity index (χ0v) is 22.1. The van der Waals surface area contributed by atoms with E-state index in [9.17, 15) is 14.7 Å². The number of aromatic carboxylic acids is 1. The summed E-state index contributed by atoms with van der Waals surface area (Å²) in [4.78, 5) is 33.6. The van der Waals surface area contributed by atoms with Gasteiger partial charge in [-0.25, -0.2) is 4.79 Å². The van der Waals surface area contributed by atoms with E-state index in [1.165, 1.54) is 11.3 Å². The molecule has 0 saturated heterocycles. The molecule has 190 valence electrons. The summed E-state index contributed by atoms with van der Waals surface area (Å²) in [5, 5.41) is 10.1. The normalized spacial score (nSPS) is 25.1. The van der Waals surface area contributed by atoms with Crippen LogP contribution in [-0.2, 0) is 10.2 Å². The number of carboxylic acid groups (broad SMARTS) is 1. The second-order valence-corrected chi connectivity index (χ2v) is 12.3. The van der Waals surface area contributed by atoms with Gasteiger partial charge in [0, 0.05) is 23.0 Å². The van der Waals surface area contributed by atoms with Gasteiger partial charge in [0.25, 0.3) is 0 Å². The Bertz CT molecular complexity index is 1010. The summed E-state index contributed by atoms with van der Waals surface area (Å²) in [5.41, 5.74) is 0.407. The molecule has 2 aliphatic rings. The van der Waals surface area contributed by atoms with Crippen LogP contribution in [0, 0.1) is 11.8 Å². The van der Waals surface area contributed by atoms with E-state index in [4.69, 9.17) is 4.74 Å². The lowest BCUT2D eigenvalue weighted by molar-refractivity contribution is -0.124. The lowest BCUT2D eigenvalue weighted by atomic mass is 9.81. The molecule has 0 radical (unpaired) electrons. The summed E-state index contributed by atoms with van der Waals surface area (Å²) in [5.74, 6) is 0.533. The fraction of sp³-hybridized carbons (Fsp3) is 0.607. The maximum atomic E-state index is 14.0. The van der Waals surface area contributed by atoms with Crippen molar-refractivity contribution in [1.82, 2.24) is 4.98 Å². The summed E-state index contributed by atoms with van der Waals surface area (Å²) in [6.45, 7) is 8.51. The van der Waals surface area contributed by atoms with Crippen molar-refractivity contribution in [3.05, 3.63) is 40.3 Å².